The summed E-state index contributed by atoms with van der Waals surface area (Å²) < 4.78 is 5.71. The van der Waals surface area contributed by atoms with Gasteiger partial charge in [-0.25, -0.2) is 4.98 Å². The first-order valence-electron chi connectivity index (χ1n) is 9.91. The Hall–Kier alpha value is -3.70. The molecule has 0 unspecified atom stereocenters. The lowest BCUT2D eigenvalue weighted by molar-refractivity contribution is 0.264. The van der Waals surface area contributed by atoms with Gasteiger partial charge in [0.25, 0.3) is 5.56 Å². The molecule has 0 amide bonds. The highest BCUT2D eigenvalue weighted by atomic mass is 16.3. The number of aromatic amines is 1. The van der Waals surface area contributed by atoms with Gasteiger partial charge in [0.15, 0.2) is 0 Å². The number of fused-ring (bicyclic) bond motifs is 3. The van der Waals surface area contributed by atoms with Gasteiger partial charge in [0.05, 0.1) is 12.6 Å². The quantitative estimate of drug-likeness (QED) is 0.460. The Morgan fingerprint density at radius 3 is 2.17 bits per heavy atom. The molecule has 0 atom stereocenters. The van der Waals surface area contributed by atoms with Gasteiger partial charge in [0, 0.05) is 5.39 Å². The largest absolute Gasteiger partial charge is 0.449 e. The monoisotopic (exact) mass is 395 g/mol. The molecule has 5 heteroatoms. The number of nitrogens with zero attached hydrogens (tertiary/aromatic N) is 2. The Morgan fingerprint density at radius 1 is 0.900 bits per heavy atom. The number of furan rings is 1. The molecule has 0 aliphatic heterocycles. The van der Waals surface area contributed by atoms with Crippen LogP contribution in [0.15, 0.2) is 94.1 Å². The van der Waals surface area contributed by atoms with Crippen LogP contribution in [-0.4, -0.2) is 21.9 Å². The van der Waals surface area contributed by atoms with Gasteiger partial charge in [0.1, 0.15) is 16.9 Å². The lowest BCUT2D eigenvalue weighted by Crippen LogP contribution is -2.27. The fourth-order valence-corrected chi connectivity index (χ4v) is 4.02. The summed E-state index contributed by atoms with van der Waals surface area (Å²) in [6.45, 7) is 0.485. The third kappa shape index (κ3) is 3.29. The van der Waals surface area contributed by atoms with E-state index in [0.717, 1.165) is 5.39 Å². The molecule has 0 aliphatic carbocycles. The minimum atomic E-state index is -0.254. The number of aromatic nitrogens is 2. The van der Waals surface area contributed by atoms with E-state index in [1.54, 1.807) is 0 Å². The van der Waals surface area contributed by atoms with E-state index in [-0.39, 0.29) is 17.2 Å². The van der Waals surface area contributed by atoms with Gasteiger partial charge in [-0.3, -0.25) is 9.69 Å². The molecule has 0 aliphatic rings. The molecule has 0 radical (unpaired) electrons. The van der Waals surface area contributed by atoms with Crippen molar-refractivity contribution in [2.75, 3.05) is 7.05 Å². The van der Waals surface area contributed by atoms with Crippen LogP contribution in [0, 0.1) is 0 Å². The fraction of sp³-hybridized carbons (Fsp3) is 0.120. The summed E-state index contributed by atoms with van der Waals surface area (Å²) in [7, 11) is 2.04. The Kier molecular flexibility index (Phi) is 4.65. The average Bonchev–Trinajstić information content (AvgIpc) is 3.15. The van der Waals surface area contributed by atoms with E-state index in [1.165, 1.54) is 11.1 Å². The van der Waals surface area contributed by atoms with Crippen LogP contribution in [0.4, 0.5) is 0 Å². The van der Waals surface area contributed by atoms with Gasteiger partial charge in [-0.2, -0.15) is 0 Å². The van der Waals surface area contributed by atoms with Crippen molar-refractivity contribution in [3.05, 3.63) is 112 Å². The third-order valence-electron chi connectivity index (χ3n) is 5.35. The van der Waals surface area contributed by atoms with Crippen molar-refractivity contribution >= 4 is 22.1 Å². The van der Waals surface area contributed by atoms with E-state index in [4.69, 9.17) is 9.40 Å². The van der Waals surface area contributed by atoms with Crippen molar-refractivity contribution in [1.29, 1.82) is 0 Å². The Labute approximate surface area is 173 Å². The summed E-state index contributed by atoms with van der Waals surface area (Å²) in [5, 5.41) is 0.852. The third-order valence-corrected chi connectivity index (χ3v) is 5.35. The number of rotatable bonds is 5. The predicted molar refractivity (Wildman–Crippen MR) is 118 cm³/mol. The number of H-pyrrole nitrogens is 1. The summed E-state index contributed by atoms with van der Waals surface area (Å²) in [5.74, 6) is 0.610. The van der Waals surface area contributed by atoms with Crippen molar-refractivity contribution in [2.24, 2.45) is 0 Å². The first-order valence-corrected chi connectivity index (χ1v) is 9.91. The molecular weight excluding hydrogens is 374 g/mol. The highest BCUT2D eigenvalue weighted by molar-refractivity contribution is 6.01. The van der Waals surface area contributed by atoms with Gasteiger partial charge in [0.2, 0.25) is 5.58 Å². The summed E-state index contributed by atoms with van der Waals surface area (Å²) in [4.78, 5) is 22.5. The zero-order chi connectivity index (χ0) is 20.5. The molecule has 0 saturated heterocycles. The molecule has 148 valence electrons. The number of benzene rings is 3. The molecule has 5 nitrogen and oxygen atoms in total. The number of hydrogen-bond donors (Lipinski definition) is 1. The van der Waals surface area contributed by atoms with Crippen LogP contribution in [0.3, 0.4) is 0 Å². The van der Waals surface area contributed by atoms with Gasteiger partial charge < -0.3 is 9.40 Å². The molecular formula is C25H21N3O2. The van der Waals surface area contributed by atoms with E-state index >= 15 is 0 Å². The molecule has 5 aromatic rings. The summed E-state index contributed by atoms with van der Waals surface area (Å²) >= 11 is 0. The normalized spacial score (nSPS) is 11.7. The lowest BCUT2D eigenvalue weighted by Gasteiger charge is -2.28. The summed E-state index contributed by atoms with van der Waals surface area (Å²) in [5.41, 5.74) is 3.66. The zero-order valence-electron chi connectivity index (χ0n) is 16.6. The van der Waals surface area contributed by atoms with Crippen molar-refractivity contribution in [3.63, 3.8) is 0 Å². The molecule has 5 rings (SSSR count). The molecule has 0 spiro atoms. The van der Waals surface area contributed by atoms with Gasteiger partial charge >= 0.3 is 0 Å². The molecule has 2 heterocycles. The molecule has 30 heavy (non-hydrogen) atoms. The minimum absolute atomic E-state index is 0.0366. The smallest absolute Gasteiger partial charge is 0.294 e. The average molecular weight is 395 g/mol. The molecule has 0 fully saturated rings. The lowest BCUT2D eigenvalue weighted by atomic mass is 9.97. The van der Waals surface area contributed by atoms with Crippen LogP contribution in [-0.2, 0) is 6.54 Å². The Morgan fingerprint density at radius 2 is 1.50 bits per heavy atom. The van der Waals surface area contributed by atoms with E-state index in [0.29, 0.717) is 23.5 Å². The molecule has 0 bridgehead atoms. The van der Waals surface area contributed by atoms with Crippen molar-refractivity contribution < 1.29 is 4.42 Å². The number of para-hydroxylation sites is 1. The highest BCUT2D eigenvalue weighted by Crippen LogP contribution is 2.29. The second kappa shape index (κ2) is 7.61. The number of nitrogens with one attached hydrogen (secondary N) is 1. The van der Waals surface area contributed by atoms with Gasteiger partial charge in [-0.05, 0) is 30.3 Å². The Bertz CT molecular complexity index is 1320. The first kappa shape index (κ1) is 18.3. The standard InChI is InChI=1S/C25H21N3O2/c1-28(23(17-10-4-2-5-11-17)18-12-6-3-7-13-18)16-21-26-22-19-14-8-9-15-20(19)30-24(22)25(29)27-21/h2-15,23H,16H2,1H3,(H,26,27,29). The topological polar surface area (TPSA) is 62.1 Å². The minimum Gasteiger partial charge on any atom is -0.449 e. The molecule has 2 aromatic heterocycles. The van der Waals surface area contributed by atoms with Crippen LogP contribution >= 0.6 is 0 Å². The molecule has 0 saturated carbocycles. The fourth-order valence-electron chi connectivity index (χ4n) is 4.02. The van der Waals surface area contributed by atoms with Crippen LogP contribution < -0.4 is 5.56 Å². The van der Waals surface area contributed by atoms with E-state index < -0.39 is 0 Å². The highest BCUT2D eigenvalue weighted by Gasteiger charge is 2.21. The first-order chi connectivity index (χ1) is 14.7. The SMILES string of the molecule is CN(Cc1nc2c(oc3ccccc32)c(=O)[nH]1)C(c1ccccc1)c1ccccc1. The van der Waals surface area contributed by atoms with Crippen LogP contribution in [0.1, 0.15) is 23.0 Å². The van der Waals surface area contributed by atoms with Crippen LogP contribution in [0.25, 0.3) is 22.1 Å². The number of hydrogen-bond acceptors (Lipinski definition) is 4. The molecule has 3 aromatic carbocycles. The summed E-state index contributed by atoms with van der Waals surface area (Å²) in [6.07, 6.45) is 0. The van der Waals surface area contributed by atoms with Crippen molar-refractivity contribution in [3.8, 4) is 0 Å². The van der Waals surface area contributed by atoms with E-state index in [9.17, 15) is 4.79 Å². The van der Waals surface area contributed by atoms with E-state index in [2.05, 4.69) is 34.1 Å². The van der Waals surface area contributed by atoms with Crippen molar-refractivity contribution in [1.82, 2.24) is 14.9 Å². The maximum Gasteiger partial charge on any atom is 0.294 e. The predicted octanol–water partition coefficient (Wildman–Crippen LogP) is 4.89. The van der Waals surface area contributed by atoms with Crippen molar-refractivity contribution in [2.45, 2.75) is 12.6 Å². The van der Waals surface area contributed by atoms with E-state index in [1.807, 2.05) is 67.7 Å². The molecule has 1 N–H and O–H groups in total. The second-order valence-corrected chi connectivity index (χ2v) is 7.43. The second-order valence-electron chi connectivity index (χ2n) is 7.43. The van der Waals surface area contributed by atoms with Crippen LogP contribution in [0.2, 0.25) is 0 Å². The van der Waals surface area contributed by atoms with Gasteiger partial charge in [-0.15, -0.1) is 0 Å². The summed E-state index contributed by atoms with van der Waals surface area (Å²) in [6, 6.07) is 28.3. The van der Waals surface area contributed by atoms with Crippen LogP contribution in [0.5, 0.6) is 0 Å². The van der Waals surface area contributed by atoms with Gasteiger partial charge in [-0.1, -0.05) is 72.8 Å². The Balaban J connectivity index is 1.55. The maximum absolute atomic E-state index is 12.7. The maximum atomic E-state index is 12.7. The zero-order valence-corrected chi connectivity index (χ0v) is 16.6.